The van der Waals surface area contributed by atoms with E-state index < -0.39 is 4.92 Å². The summed E-state index contributed by atoms with van der Waals surface area (Å²) < 4.78 is 11.8. The maximum Gasteiger partial charge on any atom is 0.270 e. The second-order valence-electron chi connectivity index (χ2n) is 5.62. The van der Waals surface area contributed by atoms with E-state index in [9.17, 15) is 10.1 Å². The summed E-state index contributed by atoms with van der Waals surface area (Å²) in [4.78, 5) is 14.9. The van der Waals surface area contributed by atoms with Gasteiger partial charge in [-0.1, -0.05) is 24.3 Å². The molecule has 1 N–H and O–H groups in total. The summed E-state index contributed by atoms with van der Waals surface area (Å²) in [5.41, 5.74) is 1.83. The minimum absolute atomic E-state index is 0.0695. The maximum absolute atomic E-state index is 10.9. The number of fused-ring (bicyclic) bond motifs is 1. The third-order valence-corrected chi connectivity index (χ3v) is 4.69. The highest BCUT2D eigenvalue weighted by atomic mass is 32.1. The Bertz CT molecular complexity index is 926. The molecule has 0 saturated heterocycles. The first kappa shape index (κ1) is 17.9. The van der Waals surface area contributed by atoms with Crippen molar-refractivity contribution in [2.75, 3.05) is 19.0 Å². The Labute approximate surface area is 154 Å². The van der Waals surface area contributed by atoms with Crippen LogP contribution in [0.2, 0.25) is 0 Å². The summed E-state index contributed by atoms with van der Waals surface area (Å²) in [7, 11) is 1.62. The molecule has 7 nitrogen and oxygen atoms in total. The number of methoxy groups -OCH3 is 1. The van der Waals surface area contributed by atoms with Crippen LogP contribution in [0.3, 0.4) is 0 Å². The zero-order valence-electron chi connectivity index (χ0n) is 14.5. The molecule has 1 aromatic heterocycles. The van der Waals surface area contributed by atoms with Gasteiger partial charge in [0.15, 0.2) is 16.6 Å². The Balaban J connectivity index is 1.72. The fourth-order valence-corrected chi connectivity index (χ4v) is 3.33. The second kappa shape index (κ2) is 8.01. The van der Waals surface area contributed by atoms with E-state index in [-0.39, 0.29) is 5.69 Å². The lowest BCUT2D eigenvalue weighted by Gasteiger charge is -2.11. The minimum Gasteiger partial charge on any atom is -0.493 e. The summed E-state index contributed by atoms with van der Waals surface area (Å²) in [5.74, 6) is 1.42. The van der Waals surface area contributed by atoms with Crippen molar-refractivity contribution in [3.63, 3.8) is 0 Å². The van der Waals surface area contributed by atoms with Crippen molar-refractivity contribution in [2.45, 2.75) is 19.9 Å². The molecule has 0 amide bonds. The van der Waals surface area contributed by atoms with Gasteiger partial charge in [-0.15, -0.1) is 0 Å². The van der Waals surface area contributed by atoms with Gasteiger partial charge in [-0.25, -0.2) is 4.98 Å². The Kier molecular flexibility index (Phi) is 5.52. The van der Waals surface area contributed by atoms with E-state index in [0.717, 1.165) is 28.0 Å². The third kappa shape index (κ3) is 4.02. The number of nitrogens with one attached hydrogen (secondary N) is 1. The van der Waals surface area contributed by atoms with Crippen LogP contribution in [0.4, 0.5) is 10.8 Å². The minimum atomic E-state index is -0.402. The lowest BCUT2D eigenvalue weighted by atomic mass is 10.2. The molecular weight excluding hydrogens is 354 g/mol. The lowest BCUT2D eigenvalue weighted by molar-refractivity contribution is -0.384. The van der Waals surface area contributed by atoms with Crippen molar-refractivity contribution in [2.24, 2.45) is 0 Å². The van der Waals surface area contributed by atoms with Gasteiger partial charge in [-0.2, -0.15) is 0 Å². The third-order valence-electron chi connectivity index (χ3n) is 3.72. The molecule has 0 unspecified atom stereocenters. The van der Waals surface area contributed by atoms with Gasteiger partial charge >= 0.3 is 0 Å². The number of non-ortho nitro benzene ring substituents is 1. The Morgan fingerprint density at radius 2 is 2.08 bits per heavy atom. The molecule has 0 aliphatic heterocycles. The fraction of sp³-hybridized carbons (Fsp3) is 0.278. The molecule has 0 atom stereocenters. The summed E-state index contributed by atoms with van der Waals surface area (Å²) in [5, 5.41) is 14.8. The Hall–Kier alpha value is -2.87. The molecule has 0 radical (unpaired) electrons. The van der Waals surface area contributed by atoms with Crippen molar-refractivity contribution in [1.82, 2.24) is 4.98 Å². The highest BCUT2D eigenvalue weighted by Crippen LogP contribution is 2.31. The molecule has 0 saturated carbocycles. The van der Waals surface area contributed by atoms with Crippen LogP contribution in [0, 0.1) is 10.1 Å². The maximum atomic E-state index is 10.9. The van der Waals surface area contributed by atoms with Crippen LogP contribution in [-0.4, -0.2) is 23.6 Å². The van der Waals surface area contributed by atoms with E-state index in [0.29, 0.717) is 24.0 Å². The second-order valence-corrected chi connectivity index (χ2v) is 6.65. The molecule has 2 aromatic carbocycles. The van der Waals surface area contributed by atoms with Gasteiger partial charge in [0.05, 0.1) is 28.9 Å². The SMILES string of the molecule is CCCOc1ccc(CNc2nc3ccc([N+](=O)[O-])cc3s2)cc1OC. The number of hydrogen-bond acceptors (Lipinski definition) is 7. The molecule has 136 valence electrons. The number of thiazole rings is 1. The number of nitro groups is 1. The lowest BCUT2D eigenvalue weighted by Crippen LogP contribution is -2.01. The van der Waals surface area contributed by atoms with Crippen LogP contribution in [0.25, 0.3) is 10.2 Å². The molecule has 3 aromatic rings. The van der Waals surface area contributed by atoms with Gasteiger partial charge in [0.2, 0.25) is 0 Å². The van der Waals surface area contributed by atoms with Crippen LogP contribution >= 0.6 is 11.3 Å². The first-order chi connectivity index (χ1) is 12.6. The molecule has 0 aliphatic rings. The fourth-order valence-electron chi connectivity index (χ4n) is 2.43. The molecular formula is C18H19N3O4S. The number of anilines is 1. The molecule has 0 fully saturated rings. The molecule has 0 bridgehead atoms. The number of benzene rings is 2. The average Bonchev–Trinajstić information content (AvgIpc) is 3.06. The zero-order chi connectivity index (χ0) is 18.5. The first-order valence-electron chi connectivity index (χ1n) is 8.19. The molecule has 0 aliphatic carbocycles. The van der Waals surface area contributed by atoms with Crippen molar-refractivity contribution < 1.29 is 14.4 Å². The van der Waals surface area contributed by atoms with Gasteiger partial charge in [0.1, 0.15) is 0 Å². The number of ether oxygens (including phenoxy) is 2. The monoisotopic (exact) mass is 373 g/mol. The van der Waals surface area contributed by atoms with Gasteiger partial charge < -0.3 is 14.8 Å². The normalized spacial score (nSPS) is 10.7. The van der Waals surface area contributed by atoms with Gasteiger partial charge in [-0.05, 0) is 30.2 Å². The Morgan fingerprint density at radius 1 is 1.23 bits per heavy atom. The van der Waals surface area contributed by atoms with Crippen molar-refractivity contribution in [1.29, 1.82) is 0 Å². The average molecular weight is 373 g/mol. The predicted octanol–water partition coefficient (Wildman–Crippen LogP) is 4.61. The quantitative estimate of drug-likeness (QED) is 0.458. The summed E-state index contributed by atoms with van der Waals surface area (Å²) in [6, 6.07) is 10.5. The van der Waals surface area contributed by atoms with E-state index >= 15 is 0 Å². The van der Waals surface area contributed by atoms with Crippen LogP contribution in [0.5, 0.6) is 11.5 Å². The molecule has 1 heterocycles. The molecule has 3 rings (SSSR count). The number of aromatic nitrogens is 1. The summed E-state index contributed by atoms with van der Waals surface area (Å²) in [6.45, 7) is 3.26. The van der Waals surface area contributed by atoms with E-state index in [1.807, 2.05) is 18.2 Å². The predicted molar refractivity (Wildman–Crippen MR) is 102 cm³/mol. The van der Waals surface area contributed by atoms with E-state index in [2.05, 4.69) is 17.2 Å². The zero-order valence-corrected chi connectivity index (χ0v) is 15.3. The van der Waals surface area contributed by atoms with E-state index in [1.165, 1.54) is 17.4 Å². The van der Waals surface area contributed by atoms with Crippen LogP contribution in [0.1, 0.15) is 18.9 Å². The van der Waals surface area contributed by atoms with Crippen molar-refractivity contribution in [3.05, 3.63) is 52.1 Å². The largest absolute Gasteiger partial charge is 0.493 e. The van der Waals surface area contributed by atoms with Gasteiger partial charge in [0.25, 0.3) is 5.69 Å². The Morgan fingerprint density at radius 3 is 2.81 bits per heavy atom. The molecule has 8 heteroatoms. The van der Waals surface area contributed by atoms with E-state index in [4.69, 9.17) is 9.47 Å². The number of hydrogen-bond donors (Lipinski definition) is 1. The first-order valence-corrected chi connectivity index (χ1v) is 9.01. The smallest absolute Gasteiger partial charge is 0.270 e. The van der Waals surface area contributed by atoms with Crippen molar-refractivity contribution >= 4 is 32.4 Å². The summed E-state index contributed by atoms with van der Waals surface area (Å²) in [6.07, 6.45) is 0.933. The molecule has 0 spiro atoms. The van der Waals surface area contributed by atoms with Crippen LogP contribution in [0.15, 0.2) is 36.4 Å². The van der Waals surface area contributed by atoms with Crippen LogP contribution < -0.4 is 14.8 Å². The highest BCUT2D eigenvalue weighted by Gasteiger charge is 2.11. The van der Waals surface area contributed by atoms with Gasteiger partial charge in [0, 0.05) is 18.7 Å². The van der Waals surface area contributed by atoms with Crippen molar-refractivity contribution in [3.8, 4) is 11.5 Å². The number of nitro benzene ring substituents is 1. The number of rotatable bonds is 8. The molecule has 26 heavy (non-hydrogen) atoms. The number of nitrogens with zero attached hydrogens (tertiary/aromatic N) is 2. The van der Waals surface area contributed by atoms with Gasteiger partial charge in [-0.3, -0.25) is 10.1 Å². The van der Waals surface area contributed by atoms with E-state index in [1.54, 1.807) is 19.2 Å². The standard InChI is InChI=1S/C18H19N3O4S/c1-3-8-25-15-7-4-12(9-16(15)24-2)11-19-18-20-14-6-5-13(21(22)23)10-17(14)26-18/h4-7,9-10H,3,8,11H2,1-2H3,(H,19,20). The summed E-state index contributed by atoms with van der Waals surface area (Å²) >= 11 is 1.39. The van der Waals surface area contributed by atoms with Crippen LogP contribution in [-0.2, 0) is 6.54 Å². The topological polar surface area (TPSA) is 86.5 Å². The highest BCUT2D eigenvalue weighted by molar-refractivity contribution is 7.22.